The predicted molar refractivity (Wildman–Crippen MR) is 334 cm³/mol. The van der Waals surface area contributed by atoms with Gasteiger partial charge in [-0.15, -0.1) is 0 Å². The maximum atomic E-state index is 15.3. The molecule has 0 aliphatic heterocycles. The Morgan fingerprint density at radius 2 is 0.500 bits per heavy atom. The fraction of sp³-hybridized carbons (Fsp3) is 0. The molecule has 0 radical (unpaired) electrons. The van der Waals surface area contributed by atoms with E-state index in [1.54, 1.807) is 0 Å². The van der Waals surface area contributed by atoms with Crippen molar-refractivity contribution >= 4 is 111 Å². The summed E-state index contributed by atoms with van der Waals surface area (Å²) in [6.07, 6.45) is 0. The molecule has 0 saturated carbocycles. The van der Waals surface area contributed by atoms with Crippen molar-refractivity contribution in [3.8, 4) is 44.5 Å². The van der Waals surface area contributed by atoms with Gasteiger partial charge in [-0.1, -0.05) is 285 Å². The van der Waals surface area contributed by atoms with E-state index in [9.17, 15) is 0 Å². The molecule has 0 aromatic heterocycles. The zero-order valence-corrected chi connectivity index (χ0v) is 44.2. The predicted octanol–water partition coefficient (Wildman–Crippen LogP) is 17.4. The van der Waals surface area contributed by atoms with Crippen LogP contribution < -0.4 is 31.8 Å². The molecule has 0 aliphatic rings. The summed E-state index contributed by atoms with van der Waals surface area (Å²) in [5.74, 6) is 0. The minimum Gasteiger partial charge on any atom is -0.309 e. The topological polar surface area (TPSA) is 34.1 Å². The molecule has 78 heavy (non-hydrogen) atoms. The first kappa shape index (κ1) is 46.2. The molecule has 15 rings (SSSR count). The van der Waals surface area contributed by atoms with Crippen molar-refractivity contribution in [3.05, 3.63) is 291 Å². The molecule has 0 fully saturated rings. The van der Waals surface area contributed by atoms with Crippen molar-refractivity contribution < 1.29 is 9.13 Å². The molecule has 0 aliphatic carbocycles. The summed E-state index contributed by atoms with van der Waals surface area (Å²) < 4.78 is 30.5. The van der Waals surface area contributed by atoms with Gasteiger partial charge in [-0.2, -0.15) is 0 Å². The van der Waals surface area contributed by atoms with Crippen molar-refractivity contribution in [1.29, 1.82) is 0 Å². The molecule has 0 N–H and O–H groups in total. The van der Waals surface area contributed by atoms with Crippen molar-refractivity contribution in [2.24, 2.45) is 0 Å². The van der Waals surface area contributed by atoms with Crippen LogP contribution in [0.25, 0.3) is 109 Å². The smallest absolute Gasteiger partial charge is 0.171 e. The molecule has 15 aromatic carbocycles. The second kappa shape index (κ2) is 18.3. The van der Waals surface area contributed by atoms with Gasteiger partial charge >= 0.3 is 0 Å². The lowest BCUT2D eigenvalue weighted by molar-refractivity contribution is 0.591. The van der Waals surface area contributed by atoms with Crippen molar-refractivity contribution in [2.45, 2.75) is 0 Å². The Balaban J connectivity index is 0.850. The summed E-state index contributed by atoms with van der Waals surface area (Å²) in [5.41, 5.74) is 9.12. The summed E-state index contributed by atoms with van der Waals surface area (Å²) >= 11 is 0. The van der Waals surface area contributed by atoms with Crippen LogP contribution in [0.2, 0.25) is 0 Å². The lowest BCUT2D eigenvalue weighted by Gasteiger charge is -2.21. The molecular weight excluding hydrogens is 983 g/mol. The molecule has 15 aromatic rings. The third kappa shape index (κ3) is 7.18. The van der Waals surface area contributed by atoms with E-state index in [0.717, 1.165) is 59.6 Å². The molecule has 0 heterocycles. The second-order valence-corrected chi connectivity index (χ2v) is 26.1. The van der Waals surface area contributed by atoms with E-state index in [-0.39, 0.29) is 0 Å². The maximum absolute atomic E-state index is 15.3. The first-order valence-electron chi connectivity index (χ1n) is 26.6. The number of benzene rings is 15. The van der Waals surface area contributed by atoms with E-state index in [0.29, 0.717) is 0 Å². The summed E-state index contributed by atoms with van der Waals surface area (Å²) in [5, 5.41) is 19.7. The van der Waals surface area contributed by atoms with Crippen LogP contribution in [0, 0.1) is 0 Å². The van der Waals surface area contributed by atoms with E-state index in [4.69, 9.17) is 0 Å². The molecule has 4 heteroatoms. The lowest BCUT2D eigenvalue weighted by Crippen LogP contribution is -2.24. The Morgan fingerprint density at radius 1 is 0.192 bits per heavy atom. The lowest BCUT2D eigenvalue weighted by atomic mass is 9.83. The van der Waals surface area contributed by atoms with Gasteiger partial charge in [0.05, 0.1) is 0 Å². The minimum atomic E-state index is -3.12. The zero-order chi connectivity index (χ0) is 52.0. The van der Waals surface area contributed by atoms with Crippen molar-refractivity contribution in [2.75, 3.05) is 0 Å². The average molecular weight is 1030 g/mol. The van der Waals surface area contributed by atoms with Gasteiger partial charge in [0.2, 0.25) is 0 Å². The zero-order valence-electron chi connectivity index (χ0n) is 42.4. The van der Waals surface area contributed by atoms with Crippen LogP contribution in [0.4, 0.5) is 0 Å². The van der Waals surface area contributed by atoms with E-state index in [1.807, 2.05) is 133 Å². The highest BCUT2D eigenvalue weighted by Gasteiger charge is 2.31. The van der Waals surface area contributed by atoms with Gasteiger partial charge < -0.3 is 9.13 Å². The van der Waals surface area contributed by atoms with Gasteiger partial charge in [0, 0.05) is 31.8 Å². The molecule has 0 amide bonds. The van der Waals surface area contributed by atoms with Crippen LogP contribution in [0.5, 0.6) is 0 Å². The molecule has 0 bridgehead atoms. The Morgan fingerprint density at radius 3 is 0.974 bits per heavy atom. The summed E-state index contributed by atoms with van der Waals surface area (Å²) in [4.78, 5) is 0. The largest absolute Gasteiger partial charge is 0.309 e. The van der Waals surface area contributed by atoms with E-state index < -0.39 is 14.3 Å². The highest BCUT2D eigenvalue weighted by molar-refractivity contribution is 7.85. The Kier molecular flexibility index (Phi) is 10.8. The van der Waals surface area contributed by atoms with Crippen LogP contribution in [-0.2, 0) is 9.13 Å². The Hall–Kier alpha value is -9.16. The van der Waals surface area contributed by atoms with Gasteiger partial charge in [0.25, 0.3) is 0 Å². The SMILES string of the molecule is O=P(c1ccccc1)(c1ccccc1)c1ccc(-c2ccc(-c3cc(-c4ccc5ccc6ccc(-c7ccc(P(=O)(c8ccccc8)c8ccccc8)cc7)c7ccc4c5c67)c4ccc5cccc6ccc3c4c65)cc2)cc1. The fourth-order valence-electron chi connectivity index (χ4n) is 12.6. The molecule has 0 unspecified atom stereocenters. The summed E-state index contributed by atoms with van der Waals surface area (Å²) in [6.45, 7) is 0. The summed E-state index contributed by atoms with van der Waals surface area (Å²) in [7, 11) is -6.22. The van der Waals surface area contributed by atoms with Gasteiger partial charge in [0.15, 0.2) is 14.3 Å². The molecule has 0 atom stereocenters. The van der Waals surface area contributed by atoms with Crippen LogP contribution in [0.1, 0.15) is 0 Å². The molecule has 0 saturated heterocycles. The minimum absolute atomic E-state index is 0.816. The van der Waals surface area contributed by atoms with E-state index in [2.05, 4.69) is 158 Å². The third-order valence-electron chi connectivity index (χ3n) is 16.4. The van der Waals surface area contributed by atoms with E-state index in [1.165, 1.54) is 81.3 Å². The van der Waals surface area contributed by atoms with Gasteiger partial charge in [-0.3, -0.25) is 0 Å². The number of hydrogen-bond acceptors (Lipinski definition) is 2. The summed E-state index contributed by atoms with van der Waals surface area (Å²) in [6, 6.07) is 102. The molecule has 2 nitrogen and oxygen atoms in total. The highest BCUT2D eigenvalue weighted by Crippen LogP contribution is 2.49. The normalized spacial score (nSPS) is 12.2. The maximum Gasteiger partial charge on any atom is 0.171 e. The molecule has 0 spiro atoms. The molecular formula is C74H48O2P2. The standard InChI is InChI=1S/C74H48O2P2/c75-77(57-16-5-1-6-17-57,58-18-7-2-8-19-58)61-38-30-50(31-39-61)49-24-26-52(27-25-49)69-48-70(68-45-37-54-15-13-14-53-36-44-67(69)74(68)71(53)54)64-43-35-56-29-28-55-34-42-63(65-46-47-66(64)73(56)72(55)65)51-32-40-62(41-33-51)78(76,59-20-9-3-10-21-59)60-22-11-4-12-23-60/h1-48H. The Bertz CT molecular complexity index is 4740. The Labute approximate surface area is 453 Å². The van der Waals surface area contributed by atoms with E-state index >= 15 is 9.13 Å². The number of hydrogen-bond donors (Lipinski definition) is 0. The van der Waals surface area contributed by atoms with Crippen LogP contribution >= 0.6 is 14.3 Å². The quantitative estimate of drug-likeness (QED) is 0.101. The van der Waals surface area contributed by atoms with Gasteiger partial charge in [-0.25, -0.2) is 0 Å². The van der Waals surface area contributed by atoms with Crippen LogP contribution in [0.15, 0.2) is 291 Å². The van der Waals surface area contributed by atoms with Crippen molar-refractivity contribution in [1.82, 2.24) is 0 Å². The van der Waals surface area contributed by atoms with Crippen LogP contribution in [0.3, 0.4) is 0 Å². The first-order valence-corrected chi connectivity index (χ1v) is 30.0. The third-order valence-corrected chi connectivity index (χ3v) is 22.5. The van der Waals surface area contributed by atoms with Crippen LogP contribution in [-0.4, -0.2) is 0 Å². The first-order chi connectivity index (χ1) is 38.4. The van der Waals surface area contributed by atoms with Gasteiger partial charge in [-0.05, 0) is 115 Å². The molecule has 366 valence electrons. The second-order valence-electron chi connectivity index (χ2n) is 20.5. The van der Waals surface area contributed by atoms with Gasteiger partial charge in [0.1, 0.15) is 0 Å². The highest BCUT2D eigenvalue weighted by atomic mass is 31.2. The fourth-order valence-corrected chi connectivity index (χ4v) is 17.9. The van der Waals surface area contributed by atoms with Crippen molar-refractivity contribution in [3.63, 3.8) is 0 Å². The average Bonchev–Trinajstić information content (AvgIpc) is 3.66. The monoisotopic (exact) mass is 1030 g/mol. The number of rotatable bonds is 10.